The van der Waals surface area contributed by atoms with E-state index < -0.39 is 35.6 Å². The van der Waals surface area contributed by atoms with Gasteiger partial charge in [0.05, 0.1) is 18.1 Å². The second-order valence-electron chi connectivity index (χ2n) is 8.22. The third-order valence-corrected chi connectivity index (χ3v) is 5.87. The number of ether oxygens (including phenoxy) is 2. The topological polar surface area (TPSA) is 90.0 Å². The fourth-order valence-corrected chi connectivity index (χ4v) is 3.86. The van der Waals surface area contributed by atoms with E-state index in [9.17, 15) is 23.6 Å². The van der Waals surface area contributed by atoms with Gasteiger partial charge >= 0.3 is 11.9 Å². The first-order valence-electron chi connectivity index (χ1n) is 11.5. The summed E-state index contributed by atoms with van der Waals surface area (Å²) in [6, 6.07) is 11.3. The Labute approximate surface area is 208 Å². The zero-order chi connectivity index (χ0) is 25.4. The predicted molar refractivity (Wildman–Crippen MR) is 128 cm³/mol. The van der Waals surface area contributed by atoms with Crippen LogP contribution in [0.1, 0.15) is 53.3 Å². The smallest absolute Gasteiger partial charge is 0.338 e. The number of nitrogens with zero attached hydrogens (tertiary/aromatic N) is 1. The Morgan fingerprint density at radius 2 is 1.74 bits per heavy atom. The Morgan fingerprint density at radius 1 is 1.09 bits per heavy atom. The Morgan fingerprint density at radius 3 is 2.37 bits per heavy atom. The molecule has 9 heteroatoms. The highest BCUT2D eigenvalue weighted by Crippen LogP contribution is 2.27. The van der Waals surface area contributed by atoms with Crippen LogP contribution in [0.5, 0.6) is 0 Å². The Balaban J connectivity index is 1.62. The molecule has 7 nitrogen and oxygen atoms in total. The van der Waals surface area contributed by atoms with Gasteiger partial charge in [-0.2, -0.15) is 0 Å². The highest BCUT2D eigenvalue weighted by molar-refractivity contribution is 6.18. The molecule has 1 aliphatic rings. The minimum Gasteiger partial charge on any atom is -0.462 e. The van der Waals surface area contributed by atoms with Crippen LogP contribution in [0.15, 0.2) is 48.5 Å². The molecule has 1 saturated heterocycles. The molecule has 1 aliphatic heterocycles. The van der Waals surface area contributed by atoms with Crippen molar-refractivity contribution in [1.29, 1.82) is 0 Å². The lowest BCUT2D eigenvalue weighted by atomic mass is 10.0. The van der Waals surface area contributed by atoms with E-state index in [0.717, 1.165) is 25.0 Å². The number of alkyl halides is 1. The normalized spacial score (nSPS) is 16.1. The van der Waals surface area contributed by atoms with Crippen molar-refractivity contribution in [2.75, 3.05) is 23.9 Å². The number of halogens is 2. The molecule has 0 saturated carbocycles. The quantitative estimate of drug-likeness (QED) is 0.193. The van der Waals surface area contributed by atoms with Crippen LogP contribution in [0.25, 0.3) is 0 Å². The average Bonchev–Trinajstić information content (AvgIpc) is 3.25. The number of rotatable bonds is 11. The van der Waals surface area contributed by atoms with Crippen molar-refractivity contribution in [1.82, 2.24) is 0 Å². The summed E-state index contributed by atoms with van der Waals surface area (Å²) in [6.07, 6.45) is 0.583. The average molecular weight is 504 g/mol. The molecule has 1 heterocycles. The summed E-state index contributed by atoms with van der Waals surface area (Å²) < 4.78 is 23.8. The molecule has 0 aromatic heterocycles. The van der Waals surface area contributed by atoms with Gasteiger partial charge in [0.25, 0.3) is 0 Å². The molecule has 186 valence electrons. The fraction of sp³-hybridized carbons (Fsp3) is 0.385. The first-order valence-corrected chi connectivity index (χ1v) is 12.0. The molecule has 2 aromatic rings. The van der Waals surface area contributed by atoms with Crippen LogP contribution in [0.2, 0.25) is 0 Å². The first-order chi connectivity index (χ1) is 16.8. The third-order valence-electron chi connectivity index (χ3n) is 5.65. The summed E-state index contributed by atoms with van der Waals surface area (Å²) in [4.78, 5) is 51.6. The van der Waals surface area contributed by atoms with Crippen LogP contribution in [0, 0.1) is 11.7 Å². The van der Waals surface area contributed by atoms with Gasteiger partial charge in [0.1, 0.15) is 5.82 Å². The summed E-state index contributed by atoms with van der Waals surface area (Å²) in [6.45, 7) is 2.43. The van der Waals surface area contributed by atoms with Crippen LogP contribution in [0.3, 0.4) is 0 Å². The Bertz CT molecular complexity index is 1060. The number of benzene rings is 2. The van der Waals surface area contributed by atoms with E-state index >= 15 is 0 Å². The van der Waals surface area contributed by atoms with Gasteiger partial charge in [-0.1, -0.05) is 13.3 Å². The molecule has 35 heavy (non-hydrogen) atoms. The van der Waals surface area contributed by atoms with E-state index in [1.807, 2.05) is 6.92 Å². The number of anilines is 1. The maximum absolute atomic E-state index is 13.2. The molecule has 0 unspecified atom stereocenters. The molecule has 2 atom stereocenters. The molecule has 1 amide bonds. The fourth-order valence-electron chi connectivity index (χ4n) is 3.66. The van der Waals surface area contributed by atoms with Crippen LogP contribution in [0.4, 0.5) is 10.1 Å². The second kappa shape index (κ2) is 12.4. The van der Waals surface area contributed by atoms with Gasteiger partial charge in [-0.15, -0.1) is 11.6 Å². The van der Waals surface area contributed by atoms with E-state index in [1.165, 1.54) is 17.0 Å². The van der Waals surface area contributed by atoms with Crippen LogP contribution < -0.4 is 4.90 Å². The van der Waals surface area contributed by atoms with E-state index in [2.05, 4.69) is 0 Å². The lowest BCUT2D eigenvalue weighted by molar-refractivity contribution is -0.151. The van der Waals surface area contributed by atoms with E-state index in [1.54, 1.807) is 24.3 Å². The monoisotopic (exact) mass is 503 g/mol. The molecule has 1 fully saturated rings. The summed E-state index contributed by atoms with van der Waals surface area (Å²) in [5.41, 5.74) is 1.11. The molecule has 2 aromatic carbocycles. The van der Waals surface area contributed by atoms with Crippen LogP contribution >= 0.6 is 11.6 Å². The molecule has 0 radical (unpaired) electrons. The van der Waals surface area contributed by atoms with Gasteiger partial charge in [-0.25, -0.2) is 9.18 Å². The van der Waals surface area contributed by atoms with Gasteiger partial charge in [-0.3, -0.25) is 14.4 Å². The van der Waals surface area contributed by atoms with Crippen molar-refractivity contribution >= 4 is 40.9 Å². The van der Waals surface area contributed by atoms with Crippen molar-refractivity contribution in [3.8, 4) is 0 Å². The minimum absolute atomic E-state index is 0.0715. The Hall–Kier alpha value is -3.26. The SMILES string of the molecule is CCCCOC(=O)c1ccc(N2C[C@H](C(=O)O[C@@H](CCCl)C(=O)c3ccc(F)cc3)CC2=O)cc1. The maximum atomic E-state index is 13.2. The number of esters is 2. The second-order valence-corrected chi connectivity index (χ2v) is 8.59. The molecule has 0 bridgehead atoms. The number of hydrogen-bond donors (Lipinski definition) is 0. The largest absolute Gasteiger partial charge is 0.462 e. The van der Waals surface area contributed by atoms with E-state index in [4.69, 9.17) is 21.1 Å². The number of hydrogen-bond acceptors (Lipinski definition) is 6. The highest BCUT2D eigenvalue weighted by atomic mass is 35.5. The lowest BCUT2D eigenvalue weighted by Gasteiger charge is -2.19. The lowest BCUT2D eigenvalue weighted by Crippen LogP contribution is -2.32. The third kappa shape index (κ3) is 6.88. The van der Waals surface area contributed by atoms with Crippen molar-refractivity contribution in [3.05, 3.63) is 65.5 Å². The van der Waals surface area contributed by atoms with Crippen molar-refractivity contribution < 1.29 is 33.0 Å². The van der Waals surface area contributed by atoms with Crippen molar-refractivity contribution in [2.45, 2.75) is 38.7 Å². The maximum Gasteiger partial charge on any atom is 0.338 e. The number of amides is 1. The summed E-state index contributed by atoms with van der Waals surface area (Å²) >= 11 is 5.79. The number of carbonyl (C=O) groups excluding carboxylic acids is 4. The highest BCUT2D eigenvalue weighted by Gasteiger charge is 2.38. The zero-order valence-corrected chi connectivity index (χ0v) is 20.1. The predicted octanol–water partition coefficient (Wildman–Crippen LogP) is 4.56. The first kappa shape index (κ1) is 26.3. The molecule has 3 rings (SSSR count). The van der Waals surface area contributed by atoms with Gasteiger partial charge in [-0.05, 0) is 55.0 Å². The number of carbonyl (C=O) groups is 4. The van der Waals surface area contributed by atoms with Gasteiger partial charge in [0, 0.05) is 36.5 Å². The molecule has 0 N–H and O–H groups in total. The Kier molecular flexibility index (Phi) is 9.37. The van der Waals surface area contributed by atoms with E-state index in [0.29, 0.717) is 17.9 Å². The molecular formula is C26H27ClFNO6. The van der Waals surface area contributed by atoms with E-state index in [-0.39, 0.29) is 36.7 Å². The van der Waals surface area contributed by atoms with Gasteiger partial charge in [0.15, 0.2) is 6.10 Å². The molecule has 0 aliphatic carbocycles. The van der Waals surface area contributed by atoms with Crippen molar-refractivity contribution in [3.63, 3.8) is 0 Å². The standard InChI is InChI=1S/C26H27ClFNO6/c1-2-3-14-34-25(32)18-6-10-21(11-7-18)29-16-19(15-23(29)30)26(33)35-22(12-13-27)24(31)17-4-8-20(28)9-5-17/h4-11,19,22H,2-3,12-16H2,1H3/t19-,22+/m1/s1. The van der Waals surface area contributed by atoms with Crippen LogP contribution in [-0.4, -0.2) is 48.8 Å². The van der Waals surface area contributed by atoms with Crippen LogP contribution in [-0.2, 0) is 19.1 Å². The van der Waals surface area contributed by atoms with Gasteiger partial charge in [0.2, 0.25) is 11.7 Å². The van der Waals surface area contributed by atoms with Gasteiger partial charge < -0.3 is 14.4 Å². The number of unbranched alkanes of at least 4 members (excludes halogenated alkanes) is 1. The molecule has 0 spiro atoms. The number of ketones is 1. The zero-order valence-electron chi connectivity index (χ0n) is 19.4. The number of Topliss-reactive ketones (excluding diaryl/α,β-unsaturated/α-hetero) is 1. The summed E-state index contributed by atoms with van der Waals surface area (Å²) in [5, 5.41) is 0. The summed E-state index contributed by atoms with van der Waals surface area (Å²) in [7, 11) is 0. The minimum atomic E-state index is -1.13. The van der Waals surface area contributed by atoms with Crippen molar-refractivity contribution in [2.24, 2.45) is 5.92 Å². The summed E-state index contributed by atoms with van der Waals surface area (Å²) in [5.74, 6) is -3.05. The molecular weight excluding hydrogens is 477 g/mol.